The molecule has 11 heteroatoms. The zero-order valence-electron chi connectivity index (χ0n) is 13.2. The van der Waals surface area contributed by atoms with Crippen molar-refractivity contribution < 1.29 is 4.79 Å². The SMILES string of the molecule is O=C(CSc1ncn(-c2ccccc2)n1)Nc1c(Br)c(Br)c(Br)c(Br)c1Br. The highest BCUT2D eigenvalue weighted by atomic mass is 79.9. The van der Waals surface area contributed by atoms with Crippen LogP contribution in [0, 0.1) is 0 Å². The Morgan fingerprint density at radius 1 is 0.963 bits per heavy atom. The molecule has 5 nitrogen and oxygen atoms in total. The van der Waals surface area contributed by atoms with Crippen LogP contribution in [0.5, 0.6) is 0 Å². The number of hydrogen-bond donors (Lipinski definition) is 1. The summed E-state index contributed by atoms with van der Waals surface area (Å²) < 4.78 is 5.57. The van der Waals surface area contributed by atoms with Gasteiger partial charge in [0.15, 0.2) is 0 Å². The van der Waals surface area contributed by atoms with Crippen molar-refractivity contribution in [2.75, 3.05) is 11.1 Å². The molecule has 1 heterocycles. The van der Waals surface area contributed by atoms with Crippen molar-refractivity contribution in [3.63, 3.8) is 0 Å². The highest BCUT2D eigenvalue weighted by molar-refractivity contribution is 9.15. The number of nitrogens with one attached hydrogen (secondary N) is 1. The van der Waals surface area contributed by atoms with E-state index >= 15 is 0 Å². The molecule has 0 unspecified atom stereocenters. The molecule has 0 aliphatic rings. The van der Waals surface area contributed by atoms with E-state index in [4.69, 9.17) is 0 Å². The minimum absolute atomic E-state index is 0.168. The Kier molecular flexibility index (Phi) is 7.59. The van der Waals surface area contributed by atoms with Crippen LogP contribution in [-0.4, -0.2) is 26.4 Å². The molecule has 3 aromatic rings. The molecule has 1 N–H and O–H groups in total. The van der Waals surface area contributed by atoms with Crippen molar-refractivity contribution >= 4 is 103 Å². The number of nitrogens with zero attached hydrogens (tertiary/aromatic N) is 3. The molecule has 0 saturated carbocycles. The molecule has 0 aliphatic heterocycles. The number of benzene rings is 2. The third kappa shape index (κ3) is 5.05. The van der Waals surface area contributed by atoms with Gasteiger partial charge < -0.3 is 5.32 Å². The summed E-state index contributed by atoms with van der Waals surface area (Å²) in [6.45, 7) is 0. The van der Waals surface area contributed by atoms with E-state index in [-0.39, 0.29) is 11.7 Å². The van der Waals surface area contributed by atoms with E-state index in [0.29, 0.717) is 10.8 Å². The number of aromatic nitrogens is 3. The molecule has 1 amide bonds. The van der Waals surface area contributed by atoms with E-state index in [1.165, 1.54) is 11.8 Å². The van der Waals surface area contributed by atoms with E-state index in [9.17, 15) is 4.79 Å². The highest BCUT2D eigenvalue weighted by Crippen LogP contribution is 2.47. The van der Waals surface area contributed by atoms with Crippen molar-refractivity contribution in [2.45, 2.75) is 5.16 Å². The lowest BCUT2D eigenvalue weighted by molar-refractivity contribution is -0.113. The summed E-state index contributed by atoms with van der Waals surface area (Å²) in [6.07, 6.45) is 1.63. The first-order chi connectivity index (χ1) is 12.9. The topological polar surface area (TPSA) is 59.8 Å². The van der Waals surface area contributed by atoms with Crippen LogP contribution in [0.15, 0.2) is 64.2 Å². The summed E-state index contributed by atoms with van der Waals surface area (Å²) in [6, 6.07) is 9.68. The average molecular weight is 705 g/mol. The van der Waals surface area contributed by atoms with Crippen LogP contribution in [-0.2, 0) is 4.79 Å². The molecular weight excluding hydrogens is 696 g/mol. The molecule has 0 atom stereocenters. The van der Waals surface area contributed by atoms with Crippen molar-refractivity contribution in [3.05, 3.63) is 59.0 Å². The van der Waals surface area contributed by atoms with Crippen LogP contribution in [0.4, 0.5) is 5.69 Å². The number of anilines is 1. The summed E-state index contributed by atoms with van der Waals surface area (Å²) in [7, 11) is 0. The maximum Gasteiger partial charge on any atom is 0.234 e. The molecule has 1 aromatic heterocycles. The Hall–Kier alpha value is -0.200. The minimum atomic E-state index is -0.168. The lowest BCUT2D eigenvalue weighted by Gasteiger charge is -2.14. The van der Waals surface area contributed by atoms with Crippen molar-refractivity contribution in [2.24, 2.45) is 0 Å². The number of amides is 1. The van der Waals surface area contributed by atoms with Crippen LogP contribution in [0.25, 0.3) is 5.69 Å². The Bertz CT molecular complexity index is 967. The number of rotatable bonds is 5. The van der Waals surface area contributed by atoms with Crippen LogP contribution < -0.4 is 5.32 Å². The highest BCUT2D eigenvalue weighted by Gasteiger charge is 2.19. The van der Waals surface area contributed by atoms with Gasteiger partial charge in [0.1, 0.15) is 6.33 Å². The molecule has 0 radical (unpaired) electrons. The van der Waals surface area contributed by atoms with E-state index < -0.39 is 0 Å². The predicted octanol–water partition coefficient (Wildman–Crippen LogP) is 6.81. The van der Waals surface area contributed by atoms with E-state index in [1.54, 1.807) is 11.0 Å². The molecule has 0 spiro atoms. The summed E-state index contributed by atoms with van der Waals surface area (Å²) in [5, 5.41) is 7.82. The largest absolute Gasteiger partial charge is 0.323 e. The monoisotopic (exact) mass is 700 g/mol. The van der Waals surface area contributed by atoms with Gasteiger partial charge >= 0.3 is 0 Å². The molecule has 0 fully saturated rings. The van der Waals surface area contributed by atoms with Crippen molar-refractivity contribution in [1.82, 2.24) is 14.8 Å². The number of halogens is 5. The maximum atomic E-state index is 12.4. The molecule has 140 valence electrons. The predicted molar refractivity (Wildman–Crippen MR) is 126 cm³/mol. The molecule has 3 rings (SSSR count). The van der Waals surface area contributed by atoms with Crippen LogP contribution in [0.1, 0.15) is 0 Å². The van der Waals surface area contributed by atoms with Crippen LogP contribution in [0.3, 0.4) is 0 Å². The first-order valence-electron chi connectivity index (χ1n) is 7.29. The first kappa shape index (κ1) is 21.5. The summed E-state index contributed by atoms with van der Waals surface area (Å²) in [4.78, 5) is 16.6. The summed E-state index contributed by atoms with van der Waals surface area (Å²) in [5.41, 5.74) is 1.55. The van der Waals surface area contributed by atoms with Gasteiger partial charge in [0, 0.05) is 13.4 Å². The van der Waals surface area contributed by atoms with Gasteiger partial charge in [-0.1, -0.05) is 30.0 Å². The minimum Gasteiger partial charge on any atom is -0.323 e. The molecule has 27 heavy (non-hydrogen) atoms. The maximum absolute atomic E-state index is 12.4. The Balaban J connectivity index is 1.67. The van der Waals surface area contributed by atoms with Crippen LogP contribution in [0.2, 0.25) is 0 Å². The Morgan fingerprint density at radius 3 is 2.19 bits per heavy atom. The first-order valence-corrected chi connectivity index (χ1v) is 12.2. The fourth-order valence-corrected chi connectivity index (χ4v) is 5.88. The van der Waals surface area contributed by atoms with Crippen molar-refractivity contribution in [3.8, 4) is 5.69 Å². The lowest BCUT2D eigenvalue weighted by atomic mass is 10.3. The standard InChI is InChI=1S/C16H9Br5N4OS/c17-10-11(18)13(20)15(14(21)12(10)19)23-9(26)6-27-16-22-7-25(24-16)8-4-2-1-3-5-8/h1-5,7H,6H2,(H,23,26). The third-order valence-corrected chi connectivity index (χ3v) is 10.2. The molecule has 0 aliphatic carbocycles. The second kappa shape index (κ2) is 9.53. The van der Waals surface area contributed by atoms with Crippen LogP contribution >= 0.6 is 91.4 Å². The second-order valence-electron chi connectivity index (χ2n) is 5.09. The van der Waals surface area contributed by atoms with Gasteiger partial charge in [0.25, 0.3) is 0 Å². The summed E-state index contributed by atoms with van der Waals surface area (Å²) >= 11 is 18.7. The van der Waals surface area contributed by atoms with E-state index in [0.717, 1.165) is 28.1 Å². The smallest absolute Gasteiger partial charge is 0.234 e. The summed E-state index contributed by atoms with van der Waals surface area (Å²) in [5.74, 6) is 0.0155. The normalized spacial score (nSPS) is 10.9. The van der Waals surface area contributed by atoms with Gasteiger partial charge in [-0.3, -0.25) is 4.79 Å². The number of para-hydroxylation sites is 1. The van der Waals surface area contributed by atoms with Gasteiger partial charge in [-0.2, -0.15) is 0 Å². The third-order valence-electron chi connectivity index (χ3n) is 3.30. The zero-order chi connectivity index (χ0) is 19.6. The van der Waals surface area contributed by atoms with Gasteiger partial charge in [-0.15, -0.1) is 5.10 Å². The average Bonchev–Trinajstić information content (AvgIpc) is 3.16. The fraction of sp³-hybridized carbons (Fsp3) is 0.0625. The van der Waals surface area contributed by atoms with E-state index in [2.05, 4.69) is 95.0 Å². The lowest BCUT2D eigenvalue weighted by Crippen LogP contribution is -2.15. The van der Waals surface area contributed by atoms with Gasteiger partial charge in [-0.05, 0) is 91.8 Å². The molecule has 0 bridgehead atoms. The van der Waals surface area contributed by atoms with Gasteiger partial charge in [0.2, 0.25) is 11.1 Å². The molecule has 2 aromatic carbocycles. The number of thioether (sulfide) groups is 1. The van der Waals surface area contributed by atoms with Gasteiger partial charge in [0.05, 0.1) is 26.1 Å². The Labute approximate surface area is 201 Å². The quantitative estimate of drug-likeness (QED) is 0.180. The number of hydrogen-bond acceptors (Lipinski definition) is 4. The number of carbonyl (C=O) groups excluding carboxylic acids is 1. The van der Waals surface area contributed by atoms with Gasteiger partial charge in [-0.25, -0.2) is 9.67 Å². The second-order valence-corrected chi connectivity index (χ2v) is 10.00. The Morgan fingerprint density at radius 2 is 1.56 bits per heavy atom. The molecule has 0 saturated heterocycles. The fourth-order valence-electron chi connectivity index (χ4n) is 2.04. The van der Waals surface area contributed by atoms with E-state index in [1.807, 2.05) is 30.3 Å². The molecular formula is C16H9Br5N4OS. The number of carbonyl (C=O) groups is 1. The van der Waals surface area contributed by atoms with Crippen molar-refractivity contribution in [1.29, 1.82) is 0 Å². The zero-order valence-corrected chi connectivity index (χ0v) is 22.0.